The largest absolute Gasteiger partial charge is 0.309 e. The van der Waals surface area contributed by atoms with Crippen LogP contribution in [0.5, 0.6) is 0 Å². The molecule has 0 aliphatic heterocycles. The van der Waals surface area contributed by atoms with E-state index >= 15 is 0 Å². The number of benzene rings is 1. The second-order valence-electron chi connectivity index (χ2n) is 10.5. The molecule has 5 aromatic heterocycles. The third-order valence-corrected chi connectivity index (χ3v) is 7.32. The Bertz CT molecular complexity index is 2070. The van der Waals surface area contributed by atoms with Crippen LogP contribution in [0.3, 0.4) is 0 Å². The van der Waals surface area contributed by atoms with Crippen LogP contribution in [0.25, 0.3) is 39.1 Å². The molecule has 2 N–H and O–H groups in total. The third kappa shape index (κ3) is 5.56. The Balaban J connectivity index is 1.55. The van der Waals surface area contributed by atoms with Crippen molar-refractivity contribution in [2.45, 2.75) is 33.7 Å². The van der Waals surface area contributed by atoms with E-state index in [4.69, 9.17) is 9.97 Å². The van der Waals surface area contributed by atoms with E-state index < -0.39 is 0 Å². The monoisotopic (exact) mass is 566 g/mol. The maximum Gasteiger partial charge on any atom is 0.242 e. The molecule has 9 nitrogen and oxygen atoms in total. The highest BCUT2D eigenvalue weighted by atomic mass is 16.2. The number of rotatable bonds is 5. The molecule has 9 heteroatoms. The summed E-state index contributed by atoms with van der Waals surface area (Å²) in [6, 6.07) is 15.4. The van der Waals surface area contributed by atoms with E-state index in [1.54, 1.807) is 38.6 Å². The van der Waals surface area contributed by atoms with E-state index in [0.717, 1.165) is 50.2 Å². The number of carbonyl (C=O) groups is 1. The third-order valence-electron chi connectivity index (χ3n) is 7.32. The van der Waals surface area contributed by atoms with Gasteiger partial charge in [-0.05, 0) is 94.1 Å². The number of hydrogen-bond donors (Lipinski definition) is 2. The van der Waals surface area contributed by atoms with Gasteiger partial charge in [-0.25, -0.2) is 9.97 Å². The quantitative estimate of drug-likeness (QED) is 0.274. The molecule has 0 bridgehead atoms. The number of aryl methyl sites for hydroxylation is 3. The molecule has 6 rings (SSSR count). The average Bonchev–Trinajstić information content (AvgIpc) is 3.38. The summed E-state index contributed by atoms with van der Waals surface area (Å²) in [7, 11) is 1.74. The molecule has 212 valence electrons. The number of likely N-dealkylation sites (N-methyl/N-ethyl adjacent to an activating group) is 1. The van der Waals surface area contributed by atoms with Gasteiger partial charge in [0.1, 0.15) is 28.5 Å². The molecule has 5 heterocycles. The van der Waals surface area contributed by atoms with Crippen molar-refractivity contribution in [1.82, 2.24) is 34.6 Å². The standard InChI is InChI=1S/C34H30N8O/c1-20-13-15-42-31(16-20)41-32(29-19-37-21(2)18-38-29)33(42)27-9-11-30(40-34(43)23(4)35-5)39-28(27)10-7-24-6-8-26-22(3)36-14-12-25(26)17-24/h6,8-9,11-19,23,35H,1-5H3,(H,39,40,43). The number of aromatic nitrogens is 6. The first kappa shape index (κ1) is 27.7. The molecule has 6 aromatic rings. The Morgan fingerprint density at radius 1 is 0.930 bits per heavy atom. The van der Waals surface area contributed by atoms with Crippen LogP contribution < -0.4 is 10.6 Å². The summed E-state index contributed by atoms with van der Waals surface area (Å²) < 4.78 is 2.01. The lowest BCUT2D eigenvalue weighted by Crippen LogP contribution is -2.35. The number of fused-ring (bicyclic) bond motifs is 2. The molecule has 1 unspecified atom stereocenters. The number of nitrogens with one attached hydrogen (secondary N) is 2. The lowest BCUT2D eigenvalue weighted by atomic mass is 10.0. The van der Waals surface area contributed by atoms with E-state index in [0.29, 0.717) is 22.9 Å². The van der Waals surface area contributed by atoms with Crippen LogP contribution in [-0.4, -0.2) is 48.3 Å². The van der Waals surface area contributed by atoms with Gasteiger partial charge in [0.05, 0.1) is 23.6 Å². The van der Waals surface area contributed by atoms with Gasteiger partial charge in [0.25, 0.3) is 0 Å². The normalized spacial score (nSPS) is 11.7. The summed E-state index contributed by atoms with van der Waals surface area (Å²) in [4.78, 5) is 36.0. The van der Waals surface area contributed by atoms with Crippen molar-refractivity contribution in [1.29, 1.82) is 0 Å². The highest BCUT2D eigenvalue weighted by Crippen LogP contribution is 2.34. The molecule has 43 heavy (non-hydrogen) atoms. The number of nitrogens with zero attached hydrogens (tertiary/aromatic N) is 6. The zero-order valence-electron chi connectivity index (χ0n) is 24.6. The lowest BCUT2D eigenvalue weighted by Gasteiger charge is -2.13. The van der Waals surface area contributed by atoms with Crippen molar-refractivity contribution < 1.29 is 4.79 Å². The van der Waals surface area contributed by atoms with Crippen molar-refractivity contribution in [3.8, 4) is 34.5 Å². The molecule has 0 aliphatic rings. The van der Waals surface area contributed by atoms with Gasteiger partial charge in [-0.15, -0.1) is 0 Å². The van der Waals surface area contributed by atoms with Crippen molar-refractivity contribution in [2.24, 2.45) is 0 Å². The first-order valence-corrected chi connectivity index (χ1v) is 14.0. The van der Waals surface area contributed by atoms with Crippen LogP contribution >= 0.6 is 0 Å². The summed E-state index contributed by atoms with van der Waals surface area (Å²) in [6.45, 7) is 7.71. The molecular weight excluding hydrogens is 536 g/mol. The molecule has 1 amide bonds. The van der Waals surface area contributed by atoms with Gasteiger partial charge in [0.15, 0.2) is 0 Å². The minimum atomic E-state index is -0.389. The van der Waals surface area contributed by atoms with E-state index in [1.807, 2.05) is 73.8 Å². The van der Waals surface area contributed by atoms with Crippen LogP contribution in [0.1, 0.15) is 35.1 Å². The van der Waals surface area contributed by atoms with Crippen LogP contribution in [0.15, 0.2) is 73.3 Å². The Kier molecular flexibility index (Phi) is 7.36. The lowest BCUT2D eigenvalue weighted by molar-refractivity contribution is -0.117. The van der Waals surface area contributed by atoms with Crippen LogP contribution in [0.2, 0.25) is 0 Å². The number of imidazole rings is 1. The van der Waals surface area contributed by atoms with Crippen LogP contribution in [0.4, 0.5) is 5.82 Å². The molecule has 0 aliphatic carbocycles. The van der Waals surface area contributed by atoms with Crippen molar-refractivity contribution in [3.63, 3.8) is 0 Å². The molecule has 1 atom stereocenters. The predicted molar refractivity (Wildman–Crippen MR) is 169 cm³/mol. The topological polar surface area (TPSA) is 110 Å². The molecule has 0 saturated carbocycles. The van der Waals surface area contributed by atoms with Gasteiger partial charge >= 0.3 is 0 Å². The number of carbonyl (C=O) groups excluding carboxylic acids is 1. The van der Waals surface area contributed by atoms with Gasteiger partial charge in [-0.3, -0.25) is 24.1 Å². The van der Waals surface area contributed by atoms with Crippen LogP contribution in [-0.2, 0) is 4.79 Å². The predicted octanol–water partition coefficient (Wildman–Crippen LogP) is 5.27. The molecular formula is C34H30N8O. The second kappa shape index (κ2) is 11.4. The van der Waals surface area contributed by atoms with E-state index in [2.05, 4.69) is 37.4 Å². The first-order valence-electron chi connectivity index (χ1n) is 14.0. The SMILES string of the molecule is CNC(C)C(=O)Nc1ccc(-c2c(-c3cnc(C)cn3)nc3cc(C)ccn23)c(C#Cc2ccc3c(C)nccc3c2)n1. The van der Waals surface area contributed by atoms with Crippen LogP contribution in [0, 0.1) is 32.6 Å². The Morgan fingerprint density at radius 3 is 2.58 bits per heavy atom. The molecule has 0 spiro atoms. The molecule has 0 saturated heterocycles. The highest BCUT2D eigenvalue weighted by Gasteiger charge is 2.21. The second-order valence-corrected chi connectivity index (χ2v) is 10.5. The number of anilines is 1. The molecule has 0 radical (unpaired) electrons. The minimum Gasteiger partial charge on any atom is -0.309 e. The van der Waals surface area contributed by atoms with Crippen molar-refractivity contribution >= 4 is 28.1 Å². The maximum absolute atomic E-state index is 12.7. The van der Waals surface area contributed by atoms with Gasteiger partial charge in [-0.1, -0.05) is 12.0 Å². The summed E-state index contributed by atoms with van der Waals surface area (Å²) in [5, 5.41) is 8.00. The fraction of sp³-hybridized carbons (Fsp3) is 0.176. The van der Waals surface area contributed by atoms with Crippen molar-refractivity contribution in [2.75, 3.05) is 12.4 Å². The summed E-state index contributed by atoms with van der Waals surface area (Å²) in [5.41, 5.74) is 7.80. The Labute approximate surface area is 249 Å². The smallest absolute Gasteiger partial charge is 0.242 e. The zero-order valence-corrected chi connectivity index (χ0v) is 24.6. The fourth-order valence-corrected chi connectivity index (χ4v) is 4.82. The first-order chi connectivity index (χ1) is 20.8. The highest BCUT2D eigenvalue weighted by molar-refractivity contribution is 5.94. The van der Waals surface area contributed by atoms with E-state index in [-0.39, 0.29) is 11.9 Å². The van der Waals surface area contributed by atoms with E-state index in [9.17, 15) is 4.79 Å². The van der Waals surface area contributed by atoms with E-state index in [1.165, 1.54) is 0 Å². The zero-order chi connectivity index (χ0) is 30.1. The van der Waals surface area contributed by atoms with Gasteiger partial charge < -0.3 is 10.6 Å². The fourth-order valence-electron chi connectivity index (χ4n) is 4.82. The minimum absolute atomic E-state index is 0.193. The van der Waals surface area contributed by atoms with Gasteiger partial charge in [0.2, 0.25) is 5.91 Å². The summed E-state index contributed by atoms with van der Waals surface area (Å²) in [6.07, 6.45) is 7.24. The number of amides is 1. The molecule has 0 fully saturated rings. The van der Waals surface area contributed by atoms with Gasteiger partial charge in [-0.2, -0.15) is 0 Å². The summed E-state index contributed by atoms with van der Waals surface area (Å²) in [5.74, 6) is 6.81. The number of hydrogen-bond acceptors (Lipinski definition) is 7. The Hall–Kier alpha value is -5.46. The summed E-state index contributed by atoms with van der Waals surface area (Å²) >= 11 is 0. The number of pyridine rings is 3. The van der Waals surface area contributed by atoms with Crippen molar-refractivity contribution in [3.05, 3.63) is 102 Å². The van der Waals surface area contributed by atoms with Gasteiger partial charge in [0, 0.05) is 40.8 Å². The molecule has 1 aromatic carbocycles. The maximum atomic E-state index is 12.7. The Morgan fingerprint density at radius 2 is 1.79 bits per heavy atom. The average molecular weight is 567 g/mol.